The van der Waals surface area contributed by atoms with E-state index < -0.39 is 11.5 Å². The minimum atomic E-state index is -0.560. The van der Waals surface area contributed by atoms with Crippen LogP contribution in [0.15, 0.2) is 24.3 Å². The Hall–Kier alpha value is -2.41. The Kier molecular flexibility index (Phi) is 4.70. The average molecular weight is 310 g/mol. The number of ether oxygens (including phenoxy) is 1. The summed E-state index contributed by atoms with van der Waals surface area (Å²) in [6, 6.07) is 9.77. The maximum Gasteiger partial charge on any atom is 0.314 e. The number of benzene rings is 1. The van der Waals surface area contributed by atoms with Crippen LogP contribution in [0, 0.1) is 18.3 Å². The summed E-state index contributed by atoms with van der Waals surface area (Å²) in [7, 11) is 0. The van der Waals surface area contributed by atoms with Crippen LogP contribution in [0.4, 0.5) is 0 Å². The summed E-state index contributed by atoms with van der Waals surface area (Å²) in [5, 5.41) is 10.4. The Morgan fingerprint density at radius 3 is 2.57 bits per heavy atom. The van der Waals surface area contributed by atoms with Crippen LogP contribution in [0.2, 0.25) is 0 Å². The largest absolute Gasteiger partial charge is 0.459 e. The Balaban J connectivity index is 2.63. The molecule has 2 aromatic rings. The summed E-state index contributed by atoms with van der Waals surface area (Å²) in [4.78, 5) is 17.2. The van der Waals surface area contributed by atoms with Gasteiger partial charge in [0.25, 0.3) is 0 Å². The van der Waals surface area contributed by atoms with Crippen LogP contribution in [-0.4, -0.2) is 16.6 Å². The van der Waals surface area contributed by atoms with Crippen LogP contribution in [0.25, 0.3) is 10.9 Å². The lowest BCUT2D eigenvalue weighted by Crippen LogP contribution is -2.28. The van der Waals surface area contributed by atoms with Gasteiger partial charge in [0.05, 0.1) is 17.0 Å². The van der Waals surface area contributed by atoms with Gasteiger partial charge in [-0.2, -0.15) is 5.26 Å². The van der Waals surface area contributed by atoms with E-state index >= 15 is 0 Å². The predicted molar refractivity (Wildman–Crippen MR) is 90.1 cm³/mol. The molecule has 0 fully saturated rings. The number of aryl methyl sites for hydroxylation is 1. The molecule has 0 spiro atoms. The van der Waals surface area contributed by atoms with Crippen LogP contribution in [-0.2, 0) is 9.53 Å². The molecule has 1 unspecified atom stereocenters. The van der Waals surface area contributed by atoms with Gasteiger partial charge in [0.15, 0.2) is 0 Å². The fraction of sp³-hybridized carbons (Fsp3) is 0.421. The van der Waals surface area contributed by atoms with Crippen LogP contribution in [0.5, 0.6) is 0 Å². The third-order valence-corrected chi connectivity index (χ3v) is 3.68. The molecule has 1 aromatic carbocycles. The molecule has 4 heteroatoms. The number of pyridine rings is 1. The van der Waals surface area contributed by atoms with E-state index in [1.807, 2.05) is 58.9 Å². The average Bonchev–Trinajstić information content (AvgIpc) is 2.46. The second-order valence-corrected chi connectivity index (χ2v) is 6.61. The topological polar surface area (TPSA) is 63.0 Å². The van der Waals surface area contributed by atoms with E-state index in [-0.39, 0.29) is 5.97 Å². The number of para-hydroxylation sites is 1. The van der Waals surface area contributed by atoms with Gasteiger partial charge in [-0.15, -0.1) is 0 Å². The smallest absolute Gasteiger partial charge is 0.314 e. The van der Waals surface area contributed by atoms with Gasteiger partial charge in [-0.05, 0) is 40.2 Å². The number of rotatable bonds is 3. The Morgan fingerprint density at radius 1 is 1.35 bits per heavy atom. The first-order chi connectivity index (χ1) is 10.8. The SMILES string of the molecule is CCC(C(=O)OC(C)(C)C)c1c(C)nc2ccccc2c1C#N. The zero-order chi connectivity index (χ0) is 17.2. The number of hydrogen-bond acceptors (Lipinski definition) is 4. The summed E-state index contributed by atoms with van der Waals surface area (Å²) in [5.74, 6) is -0.794. The normalized spacial score (nSPS) is 12.7. The van der Waals surface area contributed by atoms with Crippen LogP contribution in [0.3, 0.4) is 0 Å². The number of fused-ring (bicyclic) bond motifs is 1. The molecule has 1 heterocycles. The van der Waals surface area contributed by atoms with Crippen molar-refractivity contribution in [1.82, 2.24) is 4.98 Å². The molecule has 0 amide bonds. The van der Waals surface area contributed by atoms with E-state index in [9.17, 15) is 10.1 Å². The van der Waals surface area contributed by atoms with E-state index in [4.69, 9.17) is 4.74 Å². The molecule has 120 valence electrons. The van der Waals surface area contributed by atoms with E-state index in [1.54, 1.807) is 0 Å². The number of nitrogens with zero attached hydrogens (tertiary/aromatic N) is 2. The molecule has 0 saturated carbocycles. The lowest BCUT2D eigenvalue weighted by molar-refractivity contribution is -0.156. The Morgan fingerprint density at radius 2 is 2.00 bits per heavy atom. The molecule has 4 nitrogen and oxygen atoms in total. The van der Waals surface area contributed by atoms with Crippen molar-refractivity contribution in [2.24, 2.45) is 0 Å². The van der Waals surface area contributed by atoms with Crippen molar-refractivity contribution >= 4 is 16.9 Å². The highest BCUT2D eigenvalue weighted by molar-refractivity contribution is 5.89. The number of aromatic nitrogens is 1. The van der Waals surface area contributed by atoms with Crippen molar-refractivity contribution in [3.05, 3.63) is 41.1 Å². The van der Waals surface area contributed by atoms with E-state index in [0.29, 0.717) is 23.2 Å². The molecule has 23 heavy (non-hydrogen) atoms. The molecule has 0 aliphatic heterocycles. The highest BCUT2D eigenvalue weighted by Crippen LogP contribution is 2.32. The number of carbonyl (C=O) groups is 1. The quantitative estimate of drug-likeness (QED) is 0.795. The minimum Gasteiger partial charge on any atom is -0.459 e. The van der Waals surface area contributed by atoms with Gasteiger partial charge in [0, 0.05) is 16.6 Å². The molecule has 0 aliphatic rings. The summed E-state index contributed by atoms with van der Waals surface area (Å²) in [6.45, 7) is 9.29. The van der Waals surface area contributed by atoms with Crippen molar-refractivity contribution in [2.75, 3.05) is 0 Å². The van der Waals surface area contributed by atoms with Gasteiger partial charge in [-0.1, -0.05) is 25.1 Å². The lowest BCUT2D eigenvalue weighted by Gasteiger charge is -2.25. The second-order valence-electron chi connectivity index (χ2n) is 6.61. The predicted octanol–water partition coefficient (Wildman–Crippen LogP) is 4.25. The van der Waals surface area contributed by atoms with Gasteiger partial charge in [-0.25, -0.2) is 0 Å². The van der Waals surface area contributed by atoms with Crippen molar-refractivity contribution in [2.45, 2.75) is 52.6 Å². The summed E-state index contributed by atoms with van der Waals surface area (Å²) < 4.78 is 5.54. The van der Waals surface area contributed by atoms with E-state index in [0.717, 1.165) is 10.9 Å². The maximum atomic E-state index is 12.6. The van der Waals surface area contributed by atoms with Gasteiger partial charge in [-0.3, -0.25) is 9.78 Å². The minimum absolute atomic E-state index is 0.309. The standard InChI is InChI=1S/C19H22N2O2/c1-6-13(18(22)23-19(3,4)5)17-12(2)21-16-10-8-7-9-14(16)15(17)11-20/h7-10,13H,6H2,1-5H3. The fourth-order valence-corrected chi connectivity index (χ4v) is 2.76. The summed E-state index contributed by atoms with van der Waals surface area (Å²) in [6.07, 6.45) is 0.560. The molecule has 1 atom stereocenters. The number of esters is 1. The number of carbonyl (C=O) groups excluding carboxylic acids is 1. The van der Waals surface area contributed by atoms with Crippen molar-refractivity contribution < 1.29 is 9.53 Å². The first kappa shape index (κ1) is 17.0. The molecule has 1 aromatic heterocycles. The Labute approximate surface area is 137 Å². The molecule has 0 aliphatic carbocycles. The maximum absolute atomic E-state index is 12.6. The molecule has 0 N–H and O–H groups in total. The van der Waals surface area contributed by atoms with Gasteiger partial charge >= 0.3 is 5.97 Å². The van der Waals surface area contributed by atoms with Crippen molar-refractivity contribution in [1.29, 1.82) is 5.26 Å². The summed E-state index contributed by atoms with van der Waals surface area (Å²) >= 11 is 0. The number of hydrogen-bond donors (Lipinski definition) is 0. The van der Waals surface area contributed by atoms with E-state index in [2.05, 4.69) is 11.1 Å². The van der Waals surface area contributed by atoms with Crippen LogP contribution < -0.4 is 0 Å². The van der Waals surface area contributed by atoms with Crippen molar-refractivity contribution in [3.8, 4) is 6.07 Å². The molecular formula is C19H22N2O2. The van der Waals surface area contributed by atoms with Crippen LogP contribution >= 0.6 is 0 Å². The monoisotopic (exact) mass is 310 g/mol. The first-order valence-corrected chi connectivity index (χ1v) is 7.80. The summed E-state index contributed by atoms with van der Waals surface area (Å²) in [5.41, 5.74) is 2.12. The number of nitriles is 1. The zero-order valence-electron chi connectivity index (χ0n) is 14.3. The molecule has 2 rings (SSSR count). The third kappa shape index (κ3) is 3.50. The zero-order valence-corrected chi connectivity index (χ0v) is 14.3. The molecule has 0 saturated heterocycles. The third-order valence-electron chi connectivity index (χ3n) is 3.68. The fourth-order valence-electron chi connectivity index (χ4n) is 2.76. The van der Waals surface area contributed by atoms with Crippen LogP contribution in [0.1, 0.15) is 56.9 Å². The van der Waals surface area contributed by atoms with Gasteiger partial charge in [0.1, 0.15) is 11.7 Å². The van der Waals surface area contributed by atoms with Gasteiger partial charge < -0.3 is 4.74 Å². The van der Waals surface area contributed by atoms with Gasteiger partial charge in [0.2, 0.25) is 0 Å². The molecule has 0 bridgehead atoms. The first-order valence-electron chi connectivity index (χ1n) is 7.80. The molecular weight excluding hydrogens is 288 g/mol. The lowest BCUT2D eigenvalue weighted by atomic mass is 9.89. The second kappa shape index (κ2) is 6.37. The van der Waals surface area contributed by atoms with E-state index in [1.165, 1.54) is 0 Å². The highest BCUT2D eigenvalue weighted by atomic mass is 16.6. The Bertz CT molecular complexity index is 782. The van der Waals surface area contributed by atoms with Crippen molar-refractivity contribution in [3.63, 3.8) is 0 Å². The molecule has 0 radical (unpaired) electrons. The highest BCUT2D eigenvalue weighted by Gasteiger charge is 2.29.